The molecule has 0 radical (unpaired) electrons. The van der Waals surface area contributed by atoms with E-state index in [1.165, 1.54) is 0 Å². The van der Waals surface area contributed by atoms with Crippen LogP contribution in [0.1, 0.15) is 20.8 Å². The van der Waals surface area contributed by atoms with Crippen LogP contribution in [-0.4, -0.2) is 72.8 Å². The molecule has 1 saturated heterocycles. The Morgan fingerprint density at radius 1 is 1.58 bits per heavy atom. The van der Waals surface area contributed by atoms with Gasteiger partial charge in [-0.1, -0.05) is 25.9 Å². The van der Waals surface area contributed by atoms with Crippen molar-refractivity contribution in [2.24, 2.45) is 16.8 Å². The van der Waals surface area contributed by atoms with Gasteiger partial charge < -0.3 is 20.6 Å². The molecule has 0 aromatic heterocycles. The second kappa shape index (κ2) is 8.35. The van der Waals surface area contributed by atoms with Gasteiger partial charge in [0.2, 0.25) is 0 Å². The maximum absolute atomic E-state index is 8.69. The Kier molecular flexibility index (Phi) is 7.12. The van der Waals surface area contributed by atoms with Gasteiger partial charge >= 0.3 is 0 Å². The summed E-state index contributed by atoms with van der Waals surface area (Å²) < 4.78 is 5.82. The van der Waals surface area contributed by atoms with Gasteiger partial charge in [-0.05, 0) is 13.1 Å². The summed E-state index contributed by atoms with van der Waals surface area (Å²) in [5.41, 5.74) is 5.63. The Balaban J connectivity index is 2.43. The first kappa shape index (κ1) is 16.2. The van der Waals surface area contributed by atoms with Crippen LogP contribution in [-0.2, 0) is 4.74 Å². The van der Waals surface area contributed by atoms with Gasteiger partial charge in [-0.15, -0.1) is 0 Å². The van der Waals surface area contributed by atoms with E-state index in [1.54, 1.807) is 0 Å². The summed E-state index contributed by atoms with van der Waals surface area (Å²) in [7, 11) is 0. The van der Waals surface area contributed by atoms with E-state index < -0.39 is 0 Å². The predicted molar refractivity (Wildman–Crippen MR) is 76.5 cm³/mol. The molecule has 0 bridgehead atoms. The molecule has 19 heavy (non-hydrogen) atoms. The average Bonchev–Trinajstić information content (AvgIpc) is 2.45. The number of hydrogen-bond donors (Lipinski definition) is 2. The highest BCUT2D eigenvalue weighted by Crippen LogP contribution is 2.08. The number of hydrogen-bond acceptors (Lipinski definition) is 5. The molecule has 1 aliphatic rings. The minimum atomic E-state index is 0.0517. The first-order valence-corrected chi connectivity index (χ1v) is 7.14. The fraction of sp³-hybridized carbons (Fsp3) is 0.923. The summed E-state index contributed by atoms with van der Waals surface area (Å²) in [5, 5.41) is 11.8. The second-order valence-corrected chi connectivity index (χ2v) is 5.16. The monoisotopic (exact) mass is 272 g/mol. The molecular formula is C13H28N4O2. The van der Waals surface area contributed by atoms with Crippen molar-refractivity contribution in [2.45, 2.75) is 26.9 Å². The maximum Gasteiger partial charge on any atom is 0.143 e. The number of amidine groups is 1. The number of oxime groups is 1. The van der Waals surface area contributed by atoms with Crippen molar-refractivity contribution in [1.82, 2.24) is 9.80 Å². The van der Waals surface area contributed by atoms with Gasteiger partial charge in [-0.25, -0.2) is 0 Å². The third-order valence-electron chi connectivity index (χ3n) is 3.73. The zero-order chi connectivity index (χ0) is 14.3. The lowest BCUT2D eigenvalue weighted by Crippen LogP contribution is -2.48. The van der Waals surface area contributed by atoms with Crippen molar-refractivity contribution in [2.75, 3.05) is 45.9 Å². The number of rotatable bonds is 7. The van der Waals surface area contributed by atoms with E-state index in [9.17, 15) is 0 Å². The highest BCUT2D eigenvalue weighted by Gasteiger charge is 2.22. The summed E-state index contributed by atoms with van der Waals surface area (Å²) in [6.07, 6.45) is 0.258. The van der Waals surface area contributed by atoms with E-state index in [4.69, 9.17) is 15.7 Å². The molecule has 3 N–H and O–H groups in total. The standard InChI is InChI=1S/C13H28N4O2/c1-4-16-6-7-19-12(9-16)10-17(5-2)8-11(3)13(14)15-18/h11-12,18H,4-10H2,1-3H3,(H2,14,15). The quantitative estimate of drug-likeness (QED) is 0.304. The van der Waals surface area contributed by atoms with Crippen molar-refractivity contribution in [1.29, 1.82) is 0 Å². The first-order valence-electron chi connectivity index (χ1n) is 7.14. The van der Waals surface area contributed by atoms with Crippen LogP contribution < -0.4 is 5.73 Å². The Bertz CT molecular complexity index is 286. The molecule has 6 nitrogen and oxygen atoms in total. The number of nitrogens with two attached hydrogens (primary N) is 1. The van der Waals surface area contributed by atoms with Crippen molar-refractivity contribution < 1.29 is 9.94 Å². The Hall–Kier alpha value is -0.850. The number of likely N-dealkylation sites (N-methyl/N-ethyl adjacent to an activating group) is 2. The summed E-state index contributed by atoms with van der Waals surface area (Å²) in [5.74, 6) is 0.342. The van der Waals surface area contributed by atoms with Crippen LogP contribution in [0.4, 0.5) is 0 Å². The van der Waals surface area contributed by atoms with E-state index >= 15 is 0 Å². The fourth-order valence-electron chi connectivity index (χ4n) is 2.38. The van der Waals surface area contributed by atoms with Crippen LogP contribution in [0.2, 0.25) is 0 Å². The van der Waals surface area contributed by atoms with Gasteiger partial charge in [0.15, 0.2) is 0 Å². The number of nitrogens with zero attached hydrogens (tertiary/aromatic N) is 3. The third-order valence-corrected chi connectivity index (χ3v) is 3.73. The second-order valence-electron chi connectivity index (χ2n) is 5.16. The van der Waals surface area contributed by atoms with Gasteiger partial charge in [-0.2, -0.15) is 0 Å². The molecule has 0 spiro atoms. The molecule has 1 aliphatic heterocycles. The Morgan fingerprint density at radius 2 is 2.32 bits per heavy atom. The van der Waals surface area contributed by atoms with Crippen LogP contribution in [0.15, 0.2) is 5.16 Å². The molecule has 6 heteroatoms. The molecule has 2 unspecified atom stereocenters. The van der Waals surface area contributed by atoms with E-state index in [0.29, 0.717) is 0 Å². The summed E-state index contributed by atoms with van der Waals surface area (Å²) in [4.78, 5) is 4.71. The molecule has 1 heterocycles. The normalized spacial score (nSPS) is 23.8. The molecular weight excluding hydrogens is 244 g/mol. The predicted octanol–water partition coefficient (Wildman–Crippen LogP) is 0.412. The fourth-order valence-corrected chi connectivity index (χ4v) is 2.38. The van der Waals surface area contributed by atoms with Gasteiger partial charge in [0, 0.05) is 32.1 Å². The molecule has 1 rings (SSSR count). The molecule has 1 fully saturated rings. The first-order chi connectivity index (χ1) is 9.10. The van der Waals surface area contributed by atoms with E-state index in [0.717, 1.165) is 45.9 Å². The minimum Gasteiger partial charge on any atom is -0.409 e. The van der Waals surface area contributed by atoms with Crippen molar-refractivity contribution in [3.63, 3.8) is 0 Å². The molecule has 2 atom stereocenters. The number of morpholine rings is 1. The highest BCUT2D eigenvalue weighted by atomic mass is 16.5. The lowest BCUT2D eigenvalue weighted by Gasteiger charge is -2.35. The molecule has 112 valence electrons. The summed E-state index contributed by atoms with van der Waals surface area (Å²) in [6.45, 7) is 12.8. The Labute approximate surface area is 116 Å². The number of ether oxygens (including phenoxy) is 1. The van der Waals surface area contributed by atoms with E-state index in [-0.39, 0.29) is 17.9 Å². The lowest BCUT2D eigenvalue weighted by atomic mass is 10.1. The van der Waals surface area contributed by atoms with Gasteiger partial charge in [0.05, 0.1) is 12.7 Å². The van der Waals surface area contributed by atoms with Crippen LogP contribution in [0.3, 0.4) is 0 Å². The molecule has 0 aromatic rings. The Morgan fingerprint density at radius 3 is 2.89 bits per heavy atom. The molecule has 0 aliphatic carbocycles. The highest BCUT2D eigenvalue weighted by molar-refractivity contribution is 5.82. The maximum atomic E-state index is 8.69. The van der Waals surface area contributed by atoms with Gasteiger partial charge in [0.25, 0.3) is 0 Å². The van der Waals surface area contributed by atoms with Crippen LogP contribution in [0.25, 0.3) is 0 Å². The largest absolute Gasteiger partial charge is 0.409 e. The van der Waals surface area contributed by atoms with Crippen LogP contribution in [0, 0.1) is 5.92 Å². The topological polar surface area (TPSA) is 74.3 Å². The zero-order valence-electron chi connectivity index (χ0n) is 12.4. The van der Waals surface area contributed by atoms with Crippen LogP contribution in [0.5, 0.6) is 0 Å². The van der Waals surface area contributed by atoms with Crippen LogP contribution >= 0.6 is 0 Å². The summed E-state index contributed by atoms with van der Waals surface area (Å²) >= 11 is 0. The molecule has 0 amide bonds. The lowest BCUT2D eigenvalue weighted by molar-refractivity contribution is -0.0418. The third kappa shape index (κ3) is 5.34. The minimum absolute atomic E-state index is 0.0517. The smallest absolute Gasteiger partial charge is 0.143 e. The van der Waals surface area contributed by atoms with Gasteiger partial charge in [0.1, 0.15) is 5.84 Å². The zero-order valence-corrected chi connectivity index (χ0v) is 12.4. The molecule has 0 saturated carbocycles. The average molecular weight is 272 g/mol. The SMILES string of the molecule is CCN1CCOC(CN(CC)CC(C)C(N)=NO)C1. The van der Waals surface area contributed by atoms with Crippen molar-refractivity contribution in [3.05, 3.63) is 0 Å². The molecule has 0 aromatic carbocycles. The van der Waals surface area contributed by atoms with Crippen molar-refractivity contribution in [3.8, 4) is 0 Å². The summed E-state index contributed by atoms with van der Waals surface area (Å²) in [6, 6.07) is 0. The van der Waals surface area contributed by atoms with E-state index in [2.05, 4.69) is 28.8 Å². The van der Waals surface area contributed by atoms with Gasteiger partial charge in [-0.3, -0.25) is 4.90 Å². The van der Waals surface area contributed by atoms with E-state index in [1.807, 2.05) is 6.92 Å². The van der Waals surface area contributed by atoms with Crippen molar-refractivity contribution >= 4 is 5.84 Å².